The van der Waals surface area contributed by atoms with Crippen molar-refractivity contribution in [2.75, 3.05) is 5.32 Å². The van der Waals surface area contributed by atoms with Crippen molar-refractivity contribution in [3.05, 3.63) is 45.8 Å². The third-order valence-corrected chi connectivity index (χ3v) is 3.71. The van der Waals surface area contributed by atoms with Gasteiger partial charge in [-0.15, -0.1) is 17.9 Å². The van der Waals surface area contributed by atoms with Crippen molar-refractivity contribution in [3.8, 4) is 0 Å². The van der Waals surface area contributed by atoms with Crippen molar-refractivity contribution in [2.24, 2.45) is 0 Å². The fraction of sp³-hybridized carbons (Fsp3) is 0.182. The van der Waals surface area contributed by atoms with Crippen LogP contribution in [0.1, 0.15) is 4.88 Å². The Kier molecular flexibility index (Phi) is 3.79. The molecular formula is C11H12BrN3S. The summed E-state index contributed by atoms with van der Waals surface area (Å²) in [6.45, 7) is 5.29. The Morgan fingerprint density at radius 2 is 2.44 bits per heavy atom. The molecule has 2 heterocycles. The number of halogens is 1. The molecular weight excluding hydrogens is 286 g/mol. The summed E-state index contributed by atoms with van der Waals surface area (Å²) in [5.74, 6) is 0.879. The topological polar surface area (TPSA) is 29.9 Å². The van der Waals surface area contributed by atoms with E-state index in [0.29, 0.717) is 0 Å². The van der Waals surface area contributed by atoms with Crippen LogP contribution < -0.4 is 5.32 Å². The Labute approximate surface area is 107 Å². The van der Waals surface area contributed by atoms with Crippen molar-refractivity contribution in [1.29, 1.82) is 0 Å². The number of imidazole rings is 1. The van der Waals surface area contributed by atoms with Gasteiger partial charge in [0.2, 0.25) is 5.95 Å². The van der Waals surface area contributed by atoms with Gasteiger partial charge in [-0.25, -0.2) is 4.98 Å². The van der Waals surface area contributed by atoms with Crippen LogP contribution in [0.5, 0.6) is 0 Å². The number of thiophene rings is 1. The van der Waals surface area contributed by atoms with Crippen LogP contribution >= 0.6 is 27.3 Å². The summed E-state index contributed by atoms with van der Waals surface area (Å²) in [5, 5.41) is 3.30. The average molecular weight is 298 g/mol. The van der Waals surface area contributed by atoms with Gasteiger partial charge in [0.15, 0.2) is 0 Å². The van der Waals surface area contributed by atoms with Gasteiger partial charge < -0.3 is 9.88 Å². The largest absolute Gasteiger partial charge is 0.351 e. The molecule has 0 saturated carbocycles. The van der Waals surface area contributed by atoms with Gasteiger partial charge in [0.1, 0.15) is 0 Å². The molecule has 0 spiro atoms. The van der Waals surface area contributed by atoms with E-state index in [1.165, 1.54) is 4.88 Å². The zero-order valence-electron chi connectivity index (χ0n) is 8.69. The zero-order valence-corrected chi connectivity index (χ0v) is 11.1. The normalized spacial score (nSPS) is 10.3. The van der Waals surface area contributed by atoms with Crippen LogP contribution in [-0.4, -0.2) is 9.55 Å². The maximum Gasteiger partial charge on any atom is 0.203 e. The van der Waals surface area contributed by atoms with Crippen molar-refractivity contribution in [2.45, 2.75) is 13.1 Å². The molecule has 0 aromatic carbocycles. The molecule has 0 aliphatic rings. The summed E-state index contributed by atoms with van der Waals surface area (Å²) in [5.41, 5.74) is 0. The van der Waals surface area contributed by atoms with Gasteiger partial charge in [0, 0.05) is 23.8 Å². The predicted octanol–water partition coefficient (Wildman–Crippen LogP) is 3.51. The molecule has 84 valence electrons. The molecule has 0 bridgehead atoms. The summed E-state index contributed by atoms with van der Waals surface area (Å²) in [7, 11) is 0. The molecule has 2 rings (SSSR count). The van der Waals surface area contributed by atoms with Crippen LogP contribution in [0, 0.1) is 0 Å². The zero-order chi connectivity index (χ0) is 11.4. The van der Waals surface area contributed by atoms with E-state index in [4.69, 9.17) is 0 Å². The first-order chi connectivity index (χ1) is 7.79. The Morgan fingerprint density at radius 3 is 3.12 bits per heavy atom. The smallest absolute Gasteiger partial charge is 0.203 e. The van der Waals surface area contributed by atoms with Gasteiger partial charge in [0.25, 0.3) is 0 Å². The van der Waals surface area contributed by atoms with Gasteiger partial charge in [-0.2, -0.15) is 0 Å². The highest BCUT2D eigenvalue weighted by molar-refractivity contribution is 9.11. The molecule has 5 heteroatoms. The number of hydrogen-bond acceptors (Lipinski definition) is 3. The lowest BCUT2D eigenvalue weighted by atomic mass is 10.5. The Morgan fingerprint density at radius 1 is 1.56 bits per heavy atom. The molecule has 2 aromatic rings. The summed E-state index contributed by atoms with van der Waals surface area (Å²) >= 11 is 5.17. The van der Waals surface area contributed by atoms with E-state index in [1.54, 1.807) is 17.5 Å². The van der Waals surface area contributed by atoms with Crippen molar-refractivity contribution in [1.82, 2.24) is 9.55 Å². The lowest BCUT2D eigenvalue weighted by molar-refractivity contribution is 0.821. The standard InChI is InChI=1S/C11H12BrN3S/c1-2-6-15-7-5-13-11(15)14-8-9-3-4-10(12)16-9/h2-5,7H,1,6,8H2,(H,13,14). The molecule has 0 amide bonds. The number of nitrogens with one attached hydrogen (secondary N) is 1. The molecule has 0 unspecified atom stereocenters. The lowest BCUT2D eigenvalue weighted by Crippen LogP contribution is -2.05. The van der Waals surface area contributed by atoms with E-state index in [9.17, 15) is 0 Å². The minimum atomic E-state index is 0.774. The van der Waals surface area contributed by atoms with Crippen LogP contribution in [-0.2, 0) is 13.1 Å². The van der Waals surface area contributed by atoms with Crippen LogP contribution in [0.25, 0.3) is 0 Å². The van der Waals surface area contributed by atoms with Gasteiger partial charge in [0.05, 0.1) is 10.3 Å². The highest BCUT2D eigenvalue weighted by atomic mass is 79.9. The van der Waals surface area contributed by atoms with Crippen molar-refractivity contribution in [3.63, 3.8) is 0 Å². The second-order valence-electron chi connectivity index (χ2n) is 3.25. The van der Waals surface area contributed by atoms with E-state index in [0.717, 1.165) is 22.8 Å². The van der Waals surface area contributed by atoms with E-state index in [1.807, 2.05) is 16.8 Å². The minimum Gasteiger partial charge on any atom is -0.351 e. The summed E-state index contributed by atoms with van der Waals surface area (Å²) in [6, 6.07) is 4.15. The number of hydrogen-bond donors (Lipinski definition) is 1. The number of aromatic nitrogens is 2. The number of allylic oxidation sites excluding steroid dienone is 1. The van der Waals surface area contributed by atoms with Crippen LogP contribution in [0.3, 0.4) is 0 Å². The van der Waals surface area contributed by atoms with E-state index >= 15 is 0 Å². The number of rotatable bonds is 5. The van der Waals surface area contributed by atoms with Gasteiger partial charge in [-0.3, -0.25) is 0 Å². The predicted molar refractivity (Wildman–Crippen MR) is 71.8 cm³/mol. The van der Waals surface area contributed by atoms with E-state index < -0.39 is 0 Å². The van der Waals surface area contributed by atoms with Gasteiger partial charge in [-0.1, -0.05) is 6.08 Å². The summed E-state index contributed by atoms with van der Waals surface area (Å²) in [6.07, 6.45) is 5.58. The van der Waals surface area contributed by atoms with Crippen LogP contribution in [0.15, 0.2) is 41.0 Å². The SMILES string of the molecule is C=CCn1ccnc1NCc1ccc(Br)s1. The maximum absolute atomic E-state index is 4.25. The molecule has 0 aliphatic carbocycles. The Bertz CT molecular complexity index is 475. The molecule has 0 radical (unpaired) electrons. The summed E-state index contributed by atoms with van der Waals surface area (Å²) < 4.78 is 3.18. The van der Waals surface area contributed by atoms with Crippen LogP contribution in [0.2, 0.25) is 0 Å². The highest BCUT2D eigenvalue weighted by Crippen LogP contribution is 2.22. The van der Waals surface area contributed by atoms with Gasteiger partial charge >= 0.3 is 0 Å². The fourth-order valence-corrected chi connectivity index (χ4v) is 2.80. The molecule has 0 atom stereocenters. The summed E-state index contributed by atoms with van der Waals surface area (Å²) in [4.78, 5) is 5.53. The third kappa shape index (κ3) is 2.74. The second kappa shape index (κ2) is 5.32. The third-order valence-electron chi connectivity index (χ3n) is 2.09. The highest BCUT2D eigenvalue weighted by Gasteiger charge is 2.02. The molecule has 3 nitrogen and oxygen atoms in total. The number of anilines is 1. The quantitative estimate of drug-likeness (QED) is 0.856. The number of nitrogens with zero attached hydrogens (tertiary/aromatic N) is 2. The Hall–Kier alpha value is -1.07. The molecule has 0 fully saturated rings. The molecule has 16 heavy (non-hydrogen) atoms. The fourth-order valence-electron chi connectivity index (χ4n) is 1.38. The maximum atomic E-state index is 4.25. The first-order valence-corrected chi connectivity index (χ1v) is 6.50. The van der Waals surface area contributed by atoms with Crippen molar-refractivity contribution >= 4 is 33.2 Å². The first-order valence-electron chi connectivity index (χ1n) is 4.89. The van der Waals surface area contributed by atoms with E-state index in [-0.39, 0.29) is 0 Å². The van der Waals surface area contributed by atoms with Crippen molar-refractivity contribution < 1.29 is 0 Å². The Balaban J connectivity index is 1.98. The average Bonchev–Trinajstić information content (AvgIpc) is 2.85. The minimum absolute atomic E-state index is 0.774. The van der Waals surface area contributed by atoms with Gasteiger partial charge in [-0.05, 0) is 28.1 Å². The lowest BCUT2D eigenvalue weighted by Gasteiger charge is -2.06. The van der Waals surface area contributed by atoms with E-state index in [2.05, 4.69) is 44.9 Å². The van der Waals surface area contributed by atoms with Crippen LogP contribution in [0.4, 0.5) is 5.95 Å². The monoisotopic (exact) mass is 297 g/mol. The second-order valence-corrected chi connectivity index (χ2v) is 5.80. The molecule has 2 aromatic heterocycles. The molecule has 1 N–H and O–H groups in total. The molecule has 0 aliphatic heterocycles. The molecule has 0 saturated heterocycles. The first kappa shape index (κ1) is 11.4.